The lowest BCUT2D eigenvalue weighted by atomic mass is 9.94. The summed E-state index contributed by atoms with van der Waals surface area (Å²) >= 11 is 0. The van der Waals surface area contributed by atoms with E-state index in [0.29, 0.717) is 18.7 Å². The van der Waals surface area contributed by atoms with E-state index < -0.39 is 11.6 Å². The van der Waals surface area contributed by atoms with Gasteiger partial charge in [-0.1, -0.05) is 6.07 Å². The third kappa shape index (κ3) is 2.85. The minimum Gasteiger partial charge on any atom is -0.480 e. The second-order valence-electron chi connectivity index (χ2n) is 5.12. The Morgan fingerprint density at radius 1 is 1.58 bits per heavy atom. The fraction of sp³-hybridized carbons (Fsp3) is 0.429. The van der Waals surface area contributed by atoms with Crippen molar-refractivity contribution in [3.63, 3.8) is 0 Å². The molecule has 1 N–H and O–H groups in total. The van der Waals surface area contributed by atoms with Crippen LogP contribution in [0, 0.1) is 18.3 Å². The van der Waals surface area contributed by atoms with Gasteiger partial charge in [-0.15, -0.1) is 0 Å². The molecule has 0 unspecified atom stereocenters. The third-order valence-electron chi connectivity index (χ3n) is 3.21. The van der Waals surface area contributed by atoms with Crippen molar-refractivity contribution < 1.29 is 14.6 Å². The van der Waals surface area contributed by atoms with E-state index in [1.807, 2.05) is 36.9 Å². The van der Waals surface area contributed by atoms with Gasteiger partial charge in [0, 0.05) is 13.1 Å². The van der Waals surface area contributed by atoms with Crippen LogP contribution >= 0.6 is 0 Å². The Morgan fingerprint density at radius 2 is 2.26 bits per heavy atom. The van der Waals surface area contributed by atoms with E-state index in [-0.39, 0.29) is 6.61 Å². The number of aryl methyl sites for hydroxylation is 1. The van der Waals surface area contributed by atoms with Crippen LogP contribution in [0.3, 0.4) is 0 Å². The number of ether oxygens (including phenoxy) is 1. The van der Waals surface area contributed by atoms with E-state index in [1.165, 1.54) is 0 Å². The quantitative estimate of drug-likeness (QED) is 0.889. The molecule has 100 valence electrons. The van der Waals surface area contributed by atoms with Gasteiger partial charge in [0.05, 0.1) is 11.3 Å². The number of carboxylic acids is 1. The number of nitrogens with zero attached hydrogens (tertiary/aromatic N) is 2. The van der Waals surface area contributed by atoms with Crippen molar-refractivity contribution in [3.8, 4) is 6.07 Å². The molecule has 2 rings (SSSR count). The molecule has 1 aliphatic heterocycles. The minimum absolute atomic E-state index is 0.288. The number of carboxylic acid groups (broad SMARTS) is 1. The molecule has 0 bridgehead atoms. The first kappa shape index (κ1) is 13.4. The number of aliphatic carboxylic acids is 1. The van der Waals surface area contributed by atoms with Crippen LogP contribution in [-0.2, 0) is 9.53 Å². The van der Waals surface area contributed by atoms with Crippen LogP contribution in [0.15, 0.2) is 18.2 Å². The Balaban J connectivity index is 2.04. The molecule has 5 nitrogen and oxygen atoms in total. The van der Waals surface area contributed by atoms with E-state index in [1.54, 1.807) is 0 Å². The van der Waals surface area contributed by atoms with Crippen molar-refractivity contribution in [2.45, 2.75) is 19.4 Å². The van der Waals surface area contributed by atoms with E-state index in [9.17, 15) is 4.79 Å². The summed E-state index contributed by atoms with van der Waals surface area (Å²) in [7, 11) is 0. The normalized spacial score (nSPS) is 16.6. The topological polar surface area (TPSA) is 73.6 Å². The average Bonchev–Trinajstić information content (AvgIpc) is 2.33. The molecule has 5 heteroatoms. The van der Waals surface area contributed by atoms with Crippen molar-refractivity contribution in [2.24, 2.45) is 0 Å². The molecule has 0 radical (unpaired) electrons. The van der Waals surface area contributed by atoms with Gasteiger partial charge in [0.15, 0.2) is 0 Å². The van der Waals surface area contributed by atoms with Crippen molar-refractivity contribution in [2.75, 3.05) is 24.6 Å². The summed E-state index contributed by atoms with van der Waals surface area (Å²) in [5.74, 6) is -0.965. The minimum atomic E-state index is -0.965. The lowest BCUT2D eigenvalue weighted by Crippen LogP contribution is -2.62. The molecule has 0 saturated carbocycles. The number of anilines is 1. The molecule has 1 saturated heterocycles. The fourth-order valence-corrected chi connectivity index (χ4v) is 2.27. The molecule has 0 atom stereocenters. The molecular formula is C14H16N2O3. The van der Waals surface area contributed by atoms with Crippen LogP contribution in [0.5, 0.6) is 0 Å². The largest absolute Gasteiger partial charge is 0.480 e. The monoisotopic (exact) mass is 260 g/mol. The van der Waals surface area contributed by atoms with Gasteiger partial charge in [-0.2, -0.15) is 5.26 Å². The van der Waals surface area contributed by atoms with Crippen LogP contribution < -0.4 is 4.90 Å². The highest BCUT2D eigenvalue weighted by atomic mass is 16.5. The van der Waals surface area contributed by atoms with E-state index in [2.05, 4.69) is 6.07 Å². The maximum absolute atomic E-state index is 10.5. The van der Waals surface area contributed by atoms with Crippen molar-refractivity contribution in [3.05, 3.63) is 29.3 Å². The van der Waals surface area contributed by atoms with Crippen LogP contribution in [0.4, 0.5) is 5.69 Å². The molecule has 1 fully saturated rings. The van der Waals surface area contributed by atoms with Crippen LogP contribution in [0.2, 0.25) is 0 Å². The highest BCUT2D eigenvalue weighted by Crippen LogP contribution is 2.32. The van der Waals surface area contributed by atoms with E-state index >= 15 is 0 Å². The molecule has 1 aromatic carbocycles. The Hall–Kier alpha value is -2.06. The third-order valence-corrected chi connectivity index (χ3v) is 3.21. The first-order chi connectivity index (χ1) is 8.93. The lowest BCUT2D eigenvalue weighted by Gasteiger charge is -2.48. The maximum Gasteiger partial charge on any atom is 0.329 e. The number of benzene rings is 1. The zero-order chi connectivity index (χ0) is 14.0. The van der Waals surface area contributed by atoms with Gasteiger partial charge in [-0.25, -0.2) is 4.79 Å². The zero-order valence-corrected chi connectivity index (χ0v) is 11.0. The summed E-state index contributed by atoms with van der Waals surface area (Å²) in [4.78, 5) is 12.5. The average molecular weight is 260 g/mol. The molecule has 19 heavy (non-hydrogen) atoms. The molecule has 1 aromatic rings. The van der Waals surface area contributed by atoms with Crippen LogP contribution in [0.25, 0.3) is 0 Å². The van der Waals surface area contributed by atoms with Crippen LogP contribution in [-0.4, -0.2) is 36.4 Å². The summed E-state index contributed by atoms with van der Waals surface area (Å²) in [6.45, 7) is 4.73. The van der Waals surface area contributed by atoms with Gasteiger partial charge < -0.3 is 14.7 Å². The second-order valence-corrected chi connectivity index (χ2v) is 5.12. The van der Waals surface area contributed by atoms with Gasteiger partial charge in [0.2, 0.25) is 0 Å². The molecular weight excluding hydrogens is 244 g/mol. The molecule has 1 heterocycles. The SMILES string of the molecule is Cc1ccc(N2CC(C)(OCC(=O)O)C2)c(C#N)c1. The van der Waals surface area contributed by atoms with Gasteiger partial charge >= 0.3 is 5.97 Å². The van der Waals surface area contributed by atoms with Gasteiger partial charge in [0.25, 0.3) is 0 Å². The summed E-state index contributed by atoms with van der Waals surface area (Å²) in [5, 5.41) is 17.7. The maximum atomic E-state index is 10.5. The first-order valence-electron chi connectivity index (χ1n) is 6.05. The Kier molecular flexibility index (Phi) is 3.45. The standard InChI is InChI=1S/C14H16N2O3/c1-10-3-4-12(11(5-10)6-15)16-8-14(2,9-16)19-7-13(17)18/h3-5H,7-9H2,1-2H3,(H,17,18). The second kappa shape index (κ2) is 4.90. The fourth-order valence-electron chi connectivity index (χ4n) is 2.27. The highest BCUT2D eigenvalue weighted by Gasteiger charge is 2.41. The molecule has 0 spiro atoms. The first-order valence-corrected chi connectivity index (χ1v) is 6.05. The number of hydrogen-bond acceptors (Lipinski definition) is 4. The van der Waals surface area contributed by atoms with Crippen molar-refractivity contribution in [1.82, 2.24) is 0 Å². The predicted octanol–water partition coefficient (Wildman–Crippen LogP) is 1.55. The van der Waals surface area contributed by atoms with Gasteiger partial charge in [-0.05, 0) is 31.5 Å². The number of carbonyl (C=O) groups is 1. The summed E-state index contributed by atoms with van der Waals surface area (Å²) in [6.07, 6.45) is 0. The molecule has 0 aliphatic carbocycles. The van der Waals surface area contributed by atoms with Gasteiger partial charge in [0.1, 0.15) is 18.3 Å². The number of rotatable bonds is 4. The number of nitriles is 1. The van der Waals surface area contributed by atoms with E-state index in [4.69, 9.17) is 15.1 Å². The van der Waals surface area contributed by atoms with Crippen LogP contribution in [0.1, 0.15) is 18.1 Å². The van der Waals surface area contributed by atoms with Crippen molar-refractivity contribution in [1.29, 1.82) is 5.26 Å². The predicted molar refractivity (Wildman–Crippen MR) is 70.1 cm³/mol. The molecule has 0 amide bonds. The summed E-state index contributed by atoms with van der Waals surface area (Å²) < 4.78 is 5.35. The molecule has 0 aromatic heterocycles. The van der Waals surface area contributed by atoms with Gasteiger partial charge in [-0.3, -0.25) is 0 Å². The number of hydrogen-bond donors (Lipinski definition) is 1. The Bertz CT molecular complexity index is 542. The smallest absolute Gasteiger partial charge is 0.329 e. The Labute approximate surface area is 112 Å². The lowest BCUT2D eigenvalue weighted by molar-refractivity contribution is -0.150. The summed E-state index contributed by atoms with van der Waals surface area (Å²) in [5.41, 5.74) is 2.12. The summed E-state index contributed by atoms with van der Waals surface area (Å²) in [6, 6.07) is 7.92. The Morgan fingerprint density at radius 3 is 2.84 bits per heavy atom. The van der Waals surface area contributed by atoms with E-state index in [0.717, 1.165) is 11.3 Å². The highest BCUT2D eigenvalue weighted by molar-refractivity contribution is 5.68. The van der Waals surface area contributed by atoms with Crippen molar-refractivity contribution >= 4 is 11.7 Å². The molecule has 1 aliphatic rings. The zero-order valence-electron chi connectivity index (χ0n) is 11.0.